The molecular weight excluding hydrogens is 228 g/mol. The Morgan fingerprint density at radius 2 is 1.84 bits per heavy atom. The fraction of sp³-hybridized carbons (Fsp3) is 0.158. The summed E-state index contributed by atoms with van der Waals surface area (Å²) in [5, 5.41) is 2.62. The lowest BCUT2D eigenvalue weighted by Crippen LogP contribution is -1.99. The van der Waals surface area contributed by atoms with Gasteiger partial charge >= 0.3 is 0 Å². The number of benzene rings is 2. The Bertz CT molecular complexity index is 644. The second kappa shape index (κ2) is 5.71. The summed E-state index contributed by atoms with van der Waals surface area (Å²) in [4.78, 5) is 0. The van der Waals surface area contributed by atoms with Gasteiger partial charge in [-0.05, 0) is 34.4 Å². The van der Waals surface area contributed by atoms with Crippen molar-refractivity contribution in [2.24, 2.45) is 0 Å². The molecule has 0 heterocycles. The van der Waals surface area contributed by atoms with Crippen molar-refractivity contribution in [1.29, 1.82) is 0 Å². The lowest BCUT2D eigenvalue weighted by Gasteiger charge is -2.17. The van der Waals surface area contributed by atoms with Gasteiger partial charge in [0.05, 0.1) is 0 Å². The van der Waals surface area contributed by atoms with Crippen LogP contribution in [-0.2, 0) is 0 Å². The molecule has 0 fully saturated rings. The molecule has 0 saturated heterocycles. The van der Waals surface area contributed by atoms with Crippen LogP contribution >= 0.6 is 0 Å². The third-order valence-corrected chi connectivity index (χ3v) is 3.75. The first-order valence-corrected chi connectivity index (χ1v) is 6.62. The second-order valence-electron chi connectivity index (χ2n) is 4.83. The maximum Gasteiger partial charge on any atom is 0.00636 e. The van der Waals surface area contributed by atoms with Crippen LogP contribution in [0.4, 0.5) is 0 Å². The maximum atomic E-state index is 3.90. The first-order chi connectivity index (χ1) is 9.19. The molecule has 0 N–H and O–H groups in total. The van der Waals surface area contributed by atoms with Crippen LogP contribution < -0.4 is 0 Å². The van der Waals surface area contributed by atoms with Gasteiger partial charge in [0, 0.05) is 5.92 Å². The Hall–Kier alpha value is -2.08. The fourth-order valence-corrected chi connectivity index (χ4v) is 2.62. The van der Waals surface area contributed by atoms with Crippen molar-refractivity contribution in [1.82, 2.24) is 0 Å². The molecule has 0 aliphatic rings. The van der Waals surface area contributed by atoms with Crippen LogP contribution in [0.3, 0.4) is 0 Å². The largest absolute Gasteiger partial charge is 0.0991 e. The standard InChI is InChI=1S/C19H20/c1-5-9-16(6-2)14(3)18-13-12-17-10-7-8-11-19(17)15(18)4/h5-14H,1-2H2,3-4H3/b16-9+. The lowest BCUT2D eigenvalue weighted by molar-refractivity contribution is 0.914. The van der Waals surface area contributed by atoms with E-state index in [2.05, 4.69) is 63.4 Å². The summed E-state index contributed by atoms with van der Waals surface area (Å²) >= 11 is 0. The van der Waals surface area contributed by atoms with Crippen molar-refractivity contribution in [3.05, 3.63) is 84.5 Å². The Kier molecular flexibility index (Phi) is 4.01. The number of hydrogen-bond donors (Lipinski definition) is 0. The van der Waals surface area contributed by atoms with Crippen molar-refractivity contribution < 1.29 is 0 Å². The average Bonchev–Trinajstić information content (AvgIpc) is 2.45. The average molecular weight is 248 g/mol. The summed E-state index contributed by atoms with van der Waals surface area (Å²) in [6, 6.07) is 12.9. The van der Waals surface area contributed by atoms with Crippen LogP contribution in [0.15, 0.2) is 73.4 Å². The van der Waals surface area contributed by atoms with E-state index in [9.17, 15) is 0 Å². The number of hydrogen-bond acceptors (Lipinski definition) is 0. The van der Waals surface area contributed by atoms with Gasteiger partial charge in [0.1, 0.15) is 0 Å². The molecule has 0 heteroatoms. The minimum atomic E-state index is 0.333. The maximum absolute atomic E-state index is 3.90. The van der Waals surface area contributed by atoms with Crippen LogP contribution in [0.2, 0.25) is 0 Å². The highest BCUT2D eigenvalue weighted by molar-refractivity contribution is 5.86. The highest BCUT2D eigenvalue weighted by Gasteiger charge is 2.12. The summed E-state index contributed by atoms with van der Waals surface area (Å²) in [5.74, 6) is 0.333. The Labute approximate surface area is 115 Å². The van der Waals surface area contributed by atoms with Gasteiger partial charge in [-0.3, -0.25) is 0 Å². The molecule has 0 aliphatic heterocycles. The van der Waals surface area contributed by atoms with Crippen LogP contribution in [0.25, 0.3) is 10.8 Å². The SMILES string of the molecule is C=C/C=C(\C=C)C(C)c1ccc2ccccc2c1C. The summed E-state index contributed by atoms with van der Waals surface area (Å²) in [6.07, 6.45) is 5.77. The summed E-state index contributed by atoms with van der Waals surface area (Å²) in [7, 11) is 0. The van der Waals surface area contributed by atoms with E-state index in [1.54, 1.807) is 0 Å². The van der Waals surface area contributed by atoms with Crippen LogP contribution in [0, 0.1) is 6.92 Å². The zero-order chi connectivity index (χ0) is 13.8. The molecule has 0 spiro atoms. The minimum Gasteiger partial charge on any atom is -0.0991 e. The molecular formula is C19H20. The second-order valence-corrected chi connectivity index (χ2v) is 4.83. The smallest absolute Gasteiger partial charge is 0.00636 e. The topological polar surface area (TPSA) is 0 Å². The van der Waals surface area contributed by atoms with Crippen molar-refractivity contribution >= 4 is 10.8 Å². The third-order valence-electron chi connectivity index (χ3n) is 3.75. The molecule has 0 amide bonds. The Morgan fingerprint density at radius 1 is 1.11 bits per heavy atom. The highest BCUT2D eigenvalue weighted by atomic mass is 14.2. The van der Waals surface area contributed by atoms with E-state index in [1.165, 1.54) is 27.5 Å². The molecule has 0 nitrogen and oxygen atoms in total. The molecule has 1 unspecified atom stereocenters. The molecule has 2 aromatic carbocycles. The van der Waals surface area contributed by atoms with Crippen molar-refractivity contribution in [2.75, 3.05) is 0 Å². The molecule has 0 aromatic heterocycles. The van der Waals surface area contributed by atoms with E-state index < -0.39 is 0 Å². The van der Waals surface area contributed by atoms with Crippen LogP contribution in [0.1, 0.15) is 24.0 Å². The van der Waals surface area contributed by atoms with Crippen molar-refractivity contribution in [2.45, 2.75) is 19.8 Å². The highest BCUT2D eigenvalue weighted by Crippen LogP contribution is 2.31. The Morgan fingerprint density at radius 3 is 2.53 bits per heavy atom. The number of allylic oxidation sites excluding steroid dienone is 4. The first kappa shape index (κ1) is 13.4. The van der Waals surface area contributed by atoms with E-state index in [0.29, 0.717) is 5.92 Å². The zero-order valence-electron chi connectivity index (χ0n) is 11.7. The fourth-order valence-electron chi connectivity index (χ4n) is 2.62. The molecule has 2 rings (SSSR count). The molecule has 0 bridgehead atoms. The van der Waals surface area contributed by atoms with Gasteiger partial charge in [0.25, 0.3) is 0 Å². The molecule has 0 aliphatic carbocycles. The number of aryl methyl sites for hydroxylation is 1. The molecule has 0 saturated carbocycles. The zero-order valence-corrected chi connectivity index (χ0v) is 11.7. The van der Waals surface area contributed by atoms with Gasteiger partial charge in [0.15, 0.2) is 0 Å². The van der Waals surface area contributed by atoms with E-state index in [-0.39, 0.29) is 0 Å². The number of fused-ring (bicyclic) bond motifs is 1. The molecule has 1 atom stereocenters. The van der Waals surface area contributed by atoms with Gasteiger partial charge in [0.2, 0.25) is 0 Å². The molecule has 2 aromatic rings. The van der Waals surface area contributed by atoms with Crippen molar-refractivity contribution in [3.8, 4) is 0 Å². The summed E-state index contributed by atoms with van der Waals surface area (Å²) in [6.45, 7) is 12.1. The Balaban J connectivity index is 2.57. The summed E-state index contributed by atoms with van der Waals surface area (Å²) < 4.78 is 0. The van der Waals surface area contributed by atoms with Crippen molar-refractivity contribution in [3.63, 3.8) is 0 Å². The normalized spacial score (nSPS) is 13.3. The molecule has 0 radical (unpaired) electrons. The molecule has 96 valence electrons. The van der Waals surface area contributed by atoms with E-state index >= 15 is 0 Å². The van der Waals surface area contributed by atoms with Gasteiger partial charge < -0.3 is 0 Å². The third kappa shape index (κ3) is 2.53. The molecule has 19 heavy (non-hydrogen) atoms. The van der Waals surface area contributed by atoms with Gasteiger partial charge in [-0.25, -0.2) is 0 Å². The van der Waals surface area contributed by atoms with Gasteiger partial charge in [-0.2, -0.15) is 0 Å². The van der Waals surface area contributed by atoms with E-state index in [4.69, 9.17) is 0 Å². The minimum absolute atomic E-state index is 0.333. The predicted octanol–water partition coefficient (Wildman–Crippen LogP) is 5.55. The number of rotatable bonds is 4. The van der Waals surface area contributed by atoms with Crippen LogP contribution in [0.5, 0.6) is 0 Å². The monoisotopic (exact) mass is 248 g/mol. The van der Waals surface area contributed by atoms with Crippen LogP contribution in [-0.4, -0.2) is 0 Å². The quantitative estimate of drug-likeness (QED) is 0.622. The van der Waals surface area contributed by atoms with E-state index in [0.717, 1.165) is 0 Å². The van der Waals surface area contributed by atoms with E-state index in [1.807, 2.05) is 18.2 Å². The lowest BCUT2D eigenvalue weighted by atomic mass is 9.87. The predicted molar refractivity (Wildman–Crippen MR) is 85.6 cm³/mol. The van der Waals surface area contributed by atoms with Gasteiger partial charge in [-0.15, -0.1) is 0 Å². The summed E-state index contributed by atoms with van der Waals surface area (Å²) in [5.41, 5.74) is 3.91. The van der Waals surface area contributed by atoms with Gasteiger partial charge in [-0.1, -0.05) is 74.7 Å². The first-order valence-electron chi connectivity index (χ1n) is 6.62.